The minimum atomic E-state index is -0.649. The molecule has 1 unspecified atom stereocenters. The number of hydrogen-bond acceptors (Lipinski definition) is 5. The lowest BCUT2D eigenvalue weighted by molar-refractivity contribution is 0.0772. The van der Waals surface area contributed by atoms with E-state index in [0.717, 1.165) is 12.0 Å². The predicted molar refractivity (Wildman–Crippen MR) is 68.1 cm³/mol. The number of ether oxygens (including phenoxy) is 3. The van der Waals surface area contributed by atoms with Crippen LogP contribution in [0.5, 0.6) is 11.5 Å². The zero-order chi connectivity index (χ0) is 13.5. The molecule has 0 spiro atoms. The van der Waals surface area contributed by atoms with Gasteiger partial charge < -0.3 is 19.3 Å². The number of aliphatic hydroxyl groups is 1. The van der Waals surface area contributed by atoms with Crippen molar-refractivity contribution >= 4 is 0 Å². The van der Waals surface area contributed by atoms with Gasteiger partial charge in [0.25, 0.3) is 0 Å². The molecule has 0 saturated carbocycles. The van der Waals surface area contributed by atoms with Crippen molar-refractivity contribution in [3.63, 3.8) is 0 Å². The number of aliphatic hydroxyl groups excluding tert-OH is 1. The summed E-state index contributed by atoms with van der Waals surface area (Å²) in [5.41, 5.74) is 0.740. The quantitative estimate of drug-likeness (QED) is 0.820. The summed E-state index contributed by atoms with van der Waals surface area (Å²) in [4.78, 5) is 0. The molecule has 5 nitrogen and oxygen atoms in total. The van der Waals surface area contributed by atoms with Crippen LogP contribution in [-0.4, -0.2) is 31.5 Å². The normalized spacial score (nSPS) is 15.4. The summed E-state index contributed by atoms with van der Waals surface area (Å²) >= 11 is 0. The zero-order valence-electron chi connectivity index (χ0n) is 10.7. The largest absolute Gasteiger partial charge is 0.490 e. The summed E-state index contributed by atoms with van der Waals surface area (Å²) in [6.45, 7) is 1.66. The number of nitrogens with zero attached hydrogens (tertiary/aromatic N) is 1. The zero-order valence-corrected chi connectivity index (χ0v) is 10.7. The molecule has 1 N–H and O–H groups in total. The predicted octanol–water partition coefficient (Wildman–Crippen LogP) is 1.81. The molecule has 1 aliphatic heterocycles. The van der Waals surface area contributed by atoms with Gasteiger partial charge in [0.05, 0.1) is 25.9 Å². The molecule has 5 heteroatoms. The first-order valence-electron chi connectivity index (χ1n) is 6.37. The molecular weight excluding hydrogens is 246 g/mol. The molecule has 102 valence electrons. The smallest absolute Gasteiger partial charge is 0.169 e. The van der Waals surface area contributed by atoms with Gasteiger partial charge in [0.1, 0.15) is 0 Å². The molecule has 1 aliphatic rings. The van der Waals surface area contributed by atoms with Gasteiger partial charge in [0, 0.05) is 13.0 Å². The molecule has 0 fully saturated rings. The van der Waals surface area contributed by atoms with E-state index in [-0.39, 0.29) is 6.61 Å². The average Bonchev–Trinajstić information content (AvgIpc) is 2.68. The van der Waals surface area contributed by atoms with Gasteiger partial charge in [-0.25, -0.2) is 0 Å². The molecule has 1 aromatic rings. The monoisotopic (exact) mass is 263 g/mol. The van der Waals surface area contributed by atoms with E-state index in [4.69, 9.17) is 24.6 Å². The molecule has 0 aromatic heterocycles. The molecule has 1 heterocycles. The highest BCUT2D eigenvalue weighted by Gasteiger charge is 2.16. The van der Waals surface area contributed by atoms with Crippen molar-refractivity contribution in [2.75, 3.05) is 26.4 Å². The molecule has 1 aromatic carbocycles. The van der Waals surface area contributed by atoms with Crippen LogP contribution in [0, 0.1) is 11.3 Å². The Kier molecular flexibility index (Phi) is 5.01. The first kappa shape index (κ1) is 13.7. The van der Waals surface area contributed by atoms with Crippen LogP contribution in [0.3, 0.4) is 0 Å². The summed E-state index contributed by atoms with van der Waals surface area (Å²) in [6.07, 6.45) is 0.713. The second kappa shape index (κ2) is 6.98. The number of hydrogen-bond donors (Lipinski definition) is 1. The van der Waals surface area contributed by atoms with Crippen LogP contribution >= 0.6 is 0 Å². The van der Waals surface area contributed by atoms with Crippen LogP contribution in [0.1, 0.15) is 24.5 Å². The van der Waals surface area contributed by atoms with Gasteiger partial charge >= 0.3 is 0 Å². The average molecular weight is 263 g/mol. The molecular formula is C14H17NO4. The Balaban J connectivity index is 2.10. The fraction of sp³-hybridized carbons (Fsp3) is 0.500. The minimum absolute atomic E-state index is 0.0548. The third kappa shape index (κ3) is 3.60. The fourth-order valence-corrected chi connectivity index (χ4v) is 1.82. The Labute approximate surface area is 112 Å². The Bertz CT molecular complexity index is 455. The third-order valence-electron chi connectivity index (χ3n) is 2.78. The minimum Gasteiger partial charge on any atom is -0.490 e. The van der Waals surface area contributed by atoms with E-state index in [1.807, 2.05) is 0 Å². The fourth-order valence-electron chi connectivity index (χ4n) is 1.82. The lowest BCUT2D eigenvalue weighted by Crippen LogP contribution is -2.05. The highest BCUT2D eigenvalue weighted by Crippen LogP contribution is 2.33. The molecule has 0 bridgehead atoms. The number of rotatable bonds is 5. The third-order valence-corrected chi connectivity index (χ3v) is 2.78. The van der Waals surface area contributed by atoms with Gasteiger partial charge in [-0.15, -0.1) is 0 Å². The summed E-state index contributed by atoms with van der Waals surface area (Å²) in [5, 5.41) is 17.8. The van der Waals surface area contributed by atoms with E-state index >= 15 is 0 Å². The van der Waals surface area contributed by atoms with E-state index in [2.05, 4.69) is 6.07 Å². The summed E-state index contributed by atoms with van der Waals surface area (Å²) in [5.74, 6) is 1.36. The maximum atomic E-state index is 9.13. The molecule has 1 atom stereocenters. The molecule has 0 saturated heterocycles. The van der Waals surface area contributed by atoms with Gasteiger partial charge in [-0.05, 0) is 24.1 Å². The summed E-state index contributed by atoms with van der Waals surface area (Å²) < 4.78 is 16.5. The van der Waals surface area contributed by atoms with E-state index < -0.39 is 6.10 Å². The standard InChI is InChI=1S/C14H17NO4/c15-10-14(19-6-1-5-16)11-3-4-12-13(9-11)18-8-2-7-17-12/h3-4,9,14,16H,1-2,5-8H2. The SMILES string of the molecule is N#CC(OCCCO)c1ccc2c(c1)OCCCO2. The summed E-state index contributed by atoms with van der Waals surface area (Å²) in [7, 11) is 0. The van der Waals surface area contributed by atoms with E-state index in [0.29, 0.717) is 37.7 Å². The van der Waals surface area contributed by atoms with Gasteiger partial charge in [0.2, 0.25) is 0 Å². The van der Waals surface area contributed by atoms with Crippen LogP contribution in [0.15, 0.2) is 18.2 Å². The van der Waals surface area contributed by atoms with Crippen molar-refractivity contribution in [1.82, 2.24) is 0 Å². The van der Waals surface area contributed by atoms with Gasteiger partial charge in [-0.1, -0.05) is 6.07 Å². The van der Waals surface area contributed by atoms with E-state index in [1.54, 1.807) is 18.2 Å². The van der Waals surface area contributed by atoms with Crippen LogP contribution in [0.25, 0.3) is 0 Å². The van der Waals surface area contributed by atoms with Crippen molar-refractivity contribution in [1.29, 1.82) is 5.26 Å². The van der Waals surface area contributed by atoms with Crippen LogP contribution in [0.4, 0.5) is 0 Å². The Morgan fingerprint density at radius 2 is 2.11 bits per heavy atom. The summed E-state index contributed by atoms with van der Waals surface area (Å²) in [6, 6.07) is 7.49. The van der Waals surface area contributed by atoms with Crippen molar-refractivity contribution in [3.8, 4) is 17.6 Å². The highest BCUT2D eigenvalue weighted by atomic mass is 16.5. The van der Waals surface area contributed by atoms with Crippen molar-refractivity contribution in [2.24, 2.45) is 0 Å². The maximum absolute atomic E-state index is 9.13. The molecule has 2 rings (SSSR count). The van der Waals surface area contributed by atoms with Gasteiger partial charge in [-0.2, -0.15) is 5.26 Å². The van der Waals surface area contributed by atoms with Crippen LogP contribution in [-0.2, 0) is 4.74 Å². The van der Waals surface area contributed by atoms with Crippen molar-refractivity contribution in [2.45, 2.75) is 18.9 Å². The van der Waals surface area contributed by atoms with Gasteiger partial charge in [0.15, 0.2) is 17.6 Å². The topological polar surface area (TPSA) is 71.7 Å². The highest BCUT2D eigenvalue weighted by molar-refractivity contribution is 5.44. The number of nitriles is 1. The number of benzene rings is 1. The number of fused-ring (bicyclic) bond motifs is 1. The Morgan fingerprint density at radius 3 is 2.84 bits per heavy atom. The maximum Gasteiger partial charge on any atom is 0.169 e. The van der Waals surface area contributed by atoms with Crippen molar-refractivity contribution < 1.29 is 19.3 Å². The second-order valence-corrected chi connectivity index (χ2v) is 4.21. The second-order valence-electron chi connectivity index (χ2n) is 4.21. The first-order valence-corrected chi connectivity index (χ1v) is 6.37. The van der Waals surface area contributed by atoms with Crippen LogP contribution < -0.4 is 9.47 Å². The lowest BCUT2D eigenvalue weighted by Gasteiger charge is -2.13. The van der Waals surface area contributed by atoms with E-state index in [1.165, 1.54) is 0 Å². The molecule has 0 radical (unpaired) electrons. The lowest BCUT2D eigenvalue weighted by atomic mass is 10.1. The van der Waals surface area contributed by atoms with E-state index in [9.17, 15) is 0 Å². The first-order chi connectivity index (χ1) is 9.35. The molecule has 0 amide bonds. The molecule has 0 aliphatic carbocycles. The van der Waals surface area contributed by atoms with Crippen molar-refractivity contribution in [3.05, 3.63) is 23.8 Å². The Morgan fingerprint density at radius 1 is 1.32 bits per heavy atom. The molecule has 19 heavy (non-hydrogen) atoms. The van der Waals surface area contributed by atoms with Crippen LogP contribution in [0.2, 0.25) is 0 Å². The Hall–Kier alpha value is -1.77. The van der Waals surface area contributed by atoms with Gasteiger partial charge in [-0.3, -0.25) is 0 Å².